The summed E-state index contributed by atoms with van der Waals surface area (Å²) in [5.41, 5.74) is 4.43. The average molecular weight is 486 g/mol. The molecule has 0 aliphatic rings. The Morgan fingerprint density at radius 3 is 2.69 bits per heavy atom. The summed E-state index contributed by atoms with van der Waals surface area (Å²) < 4.78 is 12.7. The predicted octanol–water partition coefficient (Wildman–Crippen LogP) is 5.49. The number of furan rings is 1. The molecule has 7 nitrogen and oxygen atoms in total. The van der Waals surface area contributed by atoms with Crippen LogP contribution in [0.3, 0.4) is 0 Å². The van der Waals surface area contributed by atoms with Crippen LogP contribution in [0.4, 0.5) is 5.69 Å². The number of ether oxygens (including phenoxy) is 1. The first-order valence-corrected chi connectivity index (χ1v) is 12.0. The first kappa shape index (κ1) is 22.7. The zero-order chi connectivity index (χ0) is 24.5. The molecule has 0 bridgehead atoms. The molecule has 35 heavy (non-hydrogen) atoms. The third kappa shape index (κ3) is 4.40. The summed E-state index contributed by atoms with van der Waals surface area (Å²) in [6, 6.07) is 20.3. The van der Waals surface area contributed by atoms with Gasteiger partial charge in [0.15, 0.2) is 5.16 Å². The fourth-order valence-electron chi connectivity index (χ4n) is 3.84. The van der Waals surface area contributed by atoms with Crippen LogP contribution in [-0.4, -0.2) is 28.3 Å². The van der Waals surface area contributed by atoms with Gasteiger partial charge in [0.05, 0.1) is 18.6 Å². The van der Waals surface area contributed by atoms with Crippen LogP contribution in [0.2, 0.25) is 0 Å². The van der Waals surface area contributed by atoms with Crippen molar-refractivity contribution in [3.05, 3.63) is 88.2 Å². The molecule has 2 heterocycles. The van der Waals surface area contributed by atoms with E-state index in [4.69, 9.17) is 14.1 Å². The molecule has 0 spiro atoms. The maximum absolute atomic E-state index is 13.6. The van der Waals surface area contributed by atoms with Crippen LogP contribution in [0, 0.1) is 13.8 Å². The molecular weight excluding hydrogens is 462 g/mol. The zero-order valence-electron chi connectivity index (χ0n) is 19.5. The van der Waals surface area contributed by atoms with E-state index < -0.39 is 0 Å². The van der Waals surface area contributed by atoms with Crippen molar-refractivity contribution < 1.29 is 13.9 Å². The highest BCUT2D eigenvalue weighted by molar-refractivity contribution is 7.99. The maximum atomic E-state index is 13.6. The highest BCUT2D eigenvalue weighted by Crippen LogP contribution is 2.29. The summed E-state index contributed by atoms with van der Waals surface area (Å²) in [7, 11) is 1.56. The smallest absolute Gasteiger partial charge is 0.302 e. The van der Waals surface area contributed by atoms with Gasteiger partial charge in [0.1, 0.15) is 16.8 Å². The summed E-state index contributed by atoms with van der Waals surface area (Å²) in [5, 5.41) is 4.06. The first-order chi connectivity index (χ1) is 16.9. The van der Waals surface area contributed by atoms with E-state index in [1.165, 1.54) is 16.3 Å². The van der Waals surface area contributed by atoms with Crippen molar-refractivity contribution in [3.8, 4) is 11.4 Å². The second kappa shape index (κ2) is 9.31. The van der Waals surface area contributed by atoms with E-state index in [9.17, 15) is 9.59 Å². The Morgan fingerprint density at radius 2 is 1.89 bits per heavy atom. The summed E-state index contributed by atoms with van der Waals surface area (Å²) in [6.07, 6.45) is 0. The number of nitrogens with one attached hydrogen (secondary N) is 1. The molecule has 1 N–H and O–H groups in total. The molecule has 2 aromatic heterocycles. The second-order valence-corrected chi connectivity index (χ2v) is 9.09. The number of carbonyl (C=O) groups excluding carboxylic acids is 1. The molecule has 5 rings (SSSR count). The number of aromatic nitrogens is 2. The number of hydrogen-bond donors (Lipinski definition) is 1. The molecule has 8 heteroatoms. The molecule has 0 saturated carbocycles. The lowest BCUT2D eigenvalue weighted by Crippen LogP contribution is -2.22. The normalized spacial score (nSPS) is 11.2. The van der Waals surface area contributed by atoms with Gasteiger partial charge >= 0.3 is 5.56 Å². The van der Waals surface area contributed by atoms with E-state index >= 15 is 0 Å². The average Bonchev–Trinajstić information content (AvgIpc) is 3.24. The van der Waals surface area contributed by atoms with Crippen molar-refractivity contribution in [2.24, 2.45) is 0 Å². The Balaban J connectivity index is 1.55. The van der Waals surface area contributed by atoms with Gasteiger partial charge in [-0.05, 0) is 61.4 Å². The third-order valence-electron chi connectivity index (χ3n) is 5.80. The summed E-state index contributed by atoms with van der Waals surface area (Å²) in [6.45, 7) is 4.02. The SMILES string of the molecule is COc1cccc(-n2c(SCC(=O)Nc3ccc(C)c(C)c3)nc3c(oc4ccccc43)c2=O)c1. The van der Waals surface area contributed by atoms with Gasteiger partial charge in [-0.25, -0.2) is 4.98 Å². The van der Waals surface area contributed by atoms with Gasteiger partial charge in [-0.15, -0.1) is 0 Å². The van der Waals surface area contributed by atoms with E-state index in [0.717, 1.165) is 22.2 Å². The number of nitrogens with zero attached hydrogens (tertiary/aromatic N) is 2. The Hall–Kier alpha value is -4.04. The Morgan fingerprint density at radius 1 is 1.06 bits per heavy atom. The number of aryl methyl sites for hydroxylation is 2. The third-order valence-corrected chi connectivity index (χ3v) is 6.74. The molecule has 0 aliphatic heterocycles. The molecule has 1 amide bonds. The lowest BCUT2D eigenvalue weighted by atomic mass is 10.1. The van der Waals surface area contributed by atoms with Crippen molar-refractivity contribution in [3.63, 3.8) is 0 Å². The molecule has 0 fully saturated rings. The van der Waals surface area contributed by atoms with Crippen LogP contribution in [0.5, 0.6) is 5.75 Å². The number of thioether (sulfide) groups is 1. The maximum Gasteiger partial charge on any atom is 0.302 e. The number of methoxy groups -OCH3 is 1. The minimum atomic E-state index is -0.350. The zero-order valence-corrected chi connectivity index (χ0v) is 20.3. The van der Waals surface area contributed by atoms with Crippen LogP contribution in [0.25, 0.3) is 27.8 Å². The van der Waals surface area contributed by atoms with Gasteiger partial charge in [0.25, 0.3) is 0 Å². The predicted molar refractivity (Wildman–Crippen MR) is 139 cm³/mol. The Labute approximate surface area is 205 Å². The quantitative estimate of drug-likeness (QED) is 0.253. The summed E-state index contributed by atoms with van der Waals surface area (Å²) >= 11 is 1.19. The second-order valence-electron chi connectivity index (χ2n) is 8.15. The van der Waals surface area contributed by atoms with Crippen molar-refractivity contribution in [1.82, 2.24) is 9.55 Å². The number of benzene rings is 3. The van der Waals surface area contributed by atoms with Gasteiger partial charge in [0.2, 0.25) is 11.5 Å². The summed E-state index contributed by atoms with van der Waals surface area (Å²) in [4.78, 5) is 31.1. The van der Waals surface area contributed by atoms with Gasteiger partial charge < -0.3 is 14.5 Å². The fourth-order valence-corrected chi connectivity index (χ4v) is 4.65. The van der Waals surface area contributed by atoms with Gasteiger partial charge in [-0.1, -0.05) is 36.0 Å². The van der Waals surface area contributed by atoms with Gasteiger partial charge in [-0.2, -0.15) is 0 Å². The highest BCUT2D eigenvalue weighted by atomic mass is 32.2. The molecule has 0 radical (unpaired) electrons. The highest BCUT2D eigenvalue weighted by Gasteiger charge is 2.20. The molecule has 0 atom stereocenters. The molecule has 176 valence electrons. The largest absolute Gasteiger partial charge is 0.497 e. The topological polar surface area (TPSA) is 86.4 Å². The summed E-state index contributed by atoms with van der Waals surface area (Å²) in [5.74, 6) is 0.481. The number of rotatable bonds is 6. The molecule has 5 aromatic rings. The minimum Gasteiger partial charge on any atom is -0.497 e. The number of hydrogen-bond acceptors (Lipinski definition) is 6. The van der Waals surface area contributed by atoms with Crippen LogP contribution in [0.15, 0.2) is 81.1 Å². The molecule has 0 saturated heterocycles. The number of amides is 1. The van der Waals surface area contributed by atoms with Crippen LogP contribution in [0.1, 0.15) is 11.1 Å². The number of fused-ring (bicyclic) bond motifs is 3. The Bertz CT molecular complexity index is 1640. The van der Waals surface area contributed by atoms with E-state index in [-0.39, 0.29) is 22.8 Å². The van der Waals surface area contributed by atoms with Gasteiger partial charge in [-0.3, -0.25) is 14.2 Å². The first-order valence-electron chi connectivity index (χ1n) is 11.0. The van der Waals surface area contributed by atoms with Crippen molar-refractivity contribution in [2.45, 2.75) is 19.0 Å². The molecule has 0 unspecified atom stereocenters. The van der Waals surface area contributed by atoms with E-state index in [1.54, 1.807) is 37.4 Å². The van der Waals surface area contributed by atoms with E-state index in [2.05, 4.69) is 5.32 Å². The molecule has 3 aromatic carbocycles. The van der Waals surface area contributed by atoms with Gasteiger partial charge in [0, 0.05) is 17.1 Å². The number of para-hydroxylation sites is 1. The lowest BCUT2D eigenvalue weighted by molar-refractivity contribution is -0.113. The Kier molecular flexibility index (Phi) is 6.05. The monoisotopic (exact) mass is 485 g/mol. The lowest BCUT2D eigenvalue weighted by Gasteiger charge is -2.13. The van der Waals surface area contributed by atoms with Crippen molar-refractivity contribution in [1.29, 1.82) is 0 Å². The molecule has 0 aliphatic carbocycles. The number of carbonyl (C=O) groups is 1. The number of anilines is 1. The van der Waals surface area contributed by atoms with Crippen molar-refractivity contribution >= 4 is 45.4 Å². The van der Waals surface area contributed by atoms with Crippen LogP contribution < -0.4 is 15.6 Å². The van der Waals surface area contributed by atoms with Crippen molar-refractivity contribution in [2.75, 3.05) is 18.2 Å². The standard InChI is InChI=1S/C27H23N3O4S/c1-16-11-12-18(13-17(16)2)28-23(31)15-35-27-29-24-21-9-4-5-10-22(21)34-25(24)26(32)30(27)19-7-6-8-20(14-19)33-3/h4-14H,15H2,1-3H3,(H,28,31). The van der Waals surface area contributed by atoms with E-state index in [1.807, 2.05) is 50.2 Å². The van der Waals surface area contributed by atoms with E-state index in [0.29, 0.717) is 27.7 Å². The molecular formula is C27H23N3O4S. The van der Waals surface area contributed by atoms with Crippen LogP contribution >= 0.6 is 11.8 Å². The fraction of sp³-hybridized carbons (Fsp3) is 0.148. The minimum absolute atomic E-state index is 0.0740. The van der Waals surface area contributed by atoms with Crippen LogP contribution in [-0.2, 0) is 4.79 Å².